The lowest BCUT2D eigenvalue weighted by atomic mass is 10.1. The van der Waals surface area contributed by atoms with Crippen molar-refractivity contribution in [1.82, 2.24) is 14.8 Å². The van der Waals surface area contributed by atoms with E-state index in [1.54, 1.807) is 16.9 Å². The molecule has 0 aliphatic heterocycles. The smallest absolute Gasteiger partial charge is 0.324 e. The largest absolute Gasteiger partial charge is 0.488 e. The number of benzene rings is 3. The van der Waals surface area contributed by atoms with Gasteiger partial charge in [0.25, 0.3) is 5.91 Å². The minimum Gasteiger partial charge on any atom is -0.488 e. The number of carbonyl (C=O) groups is 2. The molecule has 2 heterocycles. The number of urea groups is 1. The first kappa shape index (κ1) is 30.2. The molecule has 0 bridgehead atoms. The Kier molecular flexibility index (Phi) is 9.83. The van der Waals surface area contributed by atoms with Gasteiger partial charge in [0.05, 0.1) is 17.1 Å². The summed E-state index contributed by atoms with van der Waals surface area (Å²) < 4.78 is 12.8. The number of pyridine rings is 1. The maximum absolute atomic E-state index is 13.3. The molecule has 3 N–H and O–H groups in total. The van der Waals surface area contributed by atoms with Crippen molar-refractivity contribution in [2.24, 2.45) is 0 Å². The van der Waals surface area contributed by atoms with Gasteiger partial charge in [-0.05, 0) is 61.7 Å². The van der Waals surface area contributed by atoms with Crippen LogP contribution >= 0.6 is 0 Å². The van der Waals surface area contributed by atoms with Crippen LogP contribution in [0.2, 0.25) is 0 Å². The van der Waals surface area contributed by atoms with Crippen LogP contribution in [0.3, 0.4) is 0 Å². The second-order valence-electron chi connectivity index (χ2n) is 10.4. The van der Waals surface area contributed by atoms with Crippen LogP contribution in [0.5, 0.6) is 5.75 Å². The second kappa shape index (κ2) is 14.3. The molecule has 0 saturated carbocycles. The summed E-state index contributed by atoms with van der Waals surface area (Å²) in [6.07, 6.45) is 4.53. The van der Waals surface area contributed by atoms with E-state index in [2.05, 4.69) is 27.9 Å². The quantitative estimate of drug-likeness (QED) is 0.145. The van der Waals surface area contributed by atoms with Crippen LogP contribution in [-0.2, 0) is 22.6 Å². The highest BCUT2D eigenvalue weighted by Gasteiger charge is 2.15. The lowest BCUT2D eigenvalue weighted by molar-refractivity contribution is -0.119. The highest BCUT2D eigenvalue weighted by Crippen LogP contribution is 2.32. The predicted molar refractivity (Wildman–Crippen MR) is 173 cm³/mol. The van der Waals surface area contributed by atoms with Crippen LogP contribution in [0.25, 0.3) is 16.5 Å². The zero-order valence-corrected chi connectivity index (χ0v) is 25.1. The Morgan fingerprint density at radius 2 is 1.70 bits per heavy atom. The van der Waals surface area contributed by atoms with Crippen LogP contribution < -0.4 is 20.7 Å². The summed E-state index contributed by atoms with van der Waals surface area (Å²) in [7, 11) is 1.46. The van der Waals surface area contributed by atoms with Gasteiger partial charge in [-0.2, -0.15) is 5.10 Å². The van der Waals surface area contributed by atoms with Crippen molar-refractivity contribution < 1.29 is 19.1 Å². The Bertz CT molecular complexity index is 1750. The number of carbonyl (C=O) groups excluding carboxylic acids is 2. The van der Waals surface area contributed by atoms with Crippen molar-refractivity contribution in [3.63, 3.8) is 0 Å². The number of amides is 3. The lowest BCUT2D eigenvalue weighted by Crippen LogP contribution is -2.21. The number of rotatable bonds is 12. The molecule has 226 valence electrons. The van der Waals surface area contributed by atoms with Gasteiger partial charge in [0.2, 0.25) is 0 Å². The van der Waals surface area contributed by atoms with Crippen molar-refractivity contribution in [3.8, 4) is 11.4 Å². The Morgan fingerprint density at radius 1 is 0.909 bits per heavy atom. The van der Waals surface area contributed by atoms with E-state index >= 15 is 0 Å². The molecular weight excluding hydrogens is 556 g/mol. The fraction of sp³-hybridized carbons (Fsp3) is 0.235. The number of aryl methyl sites for hydroxylation is 2. The van der Waals surface area contributed by atoms with Crippen molar-refractivity contribution in [3.05, 3.63) is 102 Å². The number of fused-ring (bicyclic) bond motifs is 1. The summed E-state index contributed by atoms with van der Waals surface area (Å²) in [5.41, 5.74) is 4.43. The minimum atomic E-state index is -0.376. The molecule has 0 aliphatic rings. The molecule has 5 aromatic rings. The molecule has 44 heavy (non-hydrogen) atoms. The SMILES string of the molecule is CCCCc1cc(NC(=O)Nc2ccc(OCc3ccnc(NC(=O)COC)c3)c3ccccc23)n(-c2ccc(C)cc2)n1. The zero-order chi connectivity index (χ0) is 30.9. The van der Waals surface area contributed by atoms with Gasteiger partial charge in [-0.3, -0.25) is 10.1 Å². The molecule has 0 unspecified atom stereocenters. The van der Waals surface area contributed by atoms with Crippen molar-refractivity contribution in [1.29, 1.82) is 0 Å². The molecule has 0 saturated heterocycles. The number of ether oxygens (including phenoxy) is 2. The molecular formula is C34H36N6O4. The monoisotopic (exact) mass is 592 g/mol. The number of nitrogens with one attached hydrogen (secondary N) is 3. The van der Waals surface area contributed by atoms with Gasteiger partial charge in [-0.1, -0.05) is 55.3 Å². The summed E-state index contributed by atoms with van der Waals surface area (Å²) in [6.45, 7) is 4.39. The third kappa shape index (κ3) is 7.59. The van der Waals surface area contributed by atoms with Crippen LogP contribution in [0.15, 0.2) is 85.1 Å². The van der Waals surface area contributed by atoms with E-state index in [1.165, 1.54) is 7.11 Å². The number of hydrogen-bond acceptors (Lipinski definition) is 6. The van der Waals surface area contributed by atoms with Crippen LogP contribution in [0, 0.1) is 6.92 Å². The molecule has 10 heteroatoms. The zero-order valence-electron chi connectivity index (χ0n) is 25.1. The molecule has 0 aliphatic carbocycles. The summed E-state index contributed by atoms with van der Waals surface area (Å²) in [4.78, 5) is 29.3. The first-order valence-corrected chi connectivity index (χ1v) is 14.6. The van der Waals surface area contributed by atoms with Gasteiger partial charge in [0.15, 0.2) is 0 Å². The third-order valence-corrected chi connectivity index (χ3v) is 6.96. The average Bonchev–Trinajstić information content (AvgIpc) is 3.42. The Hall–Kier alpha value is -5.22. The number of unbranched alkanes of at least 4 members (excludes halogenated alkanes) is 1. The summed E-state index contributed by atoms with van der Waals surface area (Å²) in [5.74, 6) is 1.39. The predicted octanol–water partition coefficient (Wildman–Crippen LogP) is 6.88. The molecule has 0 fully saturated rings. The van der Waals surface area contributed by atoms with Gasteiger partial charge in [0.1, 0.15) is 30.6 Å². The number of methoxy groups -OCH3 is 1. The minimum absolute atomic E-state index is 0.0524. The van der Waals surface area contributed by atoms with Gasteiger partial charge in [0, 0.05) is 30.1 Å². The Labute approximate surface area is 256 Å². The maximum Gasteiger partial charge on any atom is 0.324 e. The van der Waals surface area contributed by atoms with E-state index in [4.69, 9.17) is 14.6 Å². The van der Waals surface area contributed by atoms with Gasteiger partial charge in [-0.25, -0.2) is 14.5 Å². The lowest BCUT2D eigenvalue weighted by Gasteiger charge is -2.15. The fourth-order valence-corrected chi connectivity index (χ4v) is 4.76. The Balaban J connectivity index is 1.31. The van der Waals surface area contributed by atoms with Gasteiger partial charge < -0.3 is 20.1 Å². The molecule has 0 radical (unpaired) electrons. The highest BCUT2D eigenvalue weighted by molar-refractivity contribution is 6.07. The fourth-order valence-electron chi connectivity index (χ4n) is 4.76. The maximum atomic E-state index is 13.3. The normalized spacial score (nSPS) is 10.9. The first-order chi connectivity index (χ1) is 21.4. The van der Waals surface area contributed by atoms with E-state index in [0.717, 1.165) is 52.5 Å². The number of nitrogens with zero attached hydrogens (tertiary/aromatic N) is 3. The summed E-state index contributed by atoms with van der Waals surface area (Å²) in [5, 5.41) is 15.1. The number of anilines is 3. The topological polar surface area (TPSA) is 119 Å². The summed E-state index contributed by atoms with van der Waals surface area (Å²) in [6, 6.07) is 24.5. The van der Waals surface area contributed by atoms with Crippen LogP contribution in [0.1, 0.15) is 36.6 Å². The molecule has 5 rings (SSSR count). The van der Waals surface area contributed by atoms with Crippen molar-refractivity contribution in [2.75, 3.05) is 29.7 Å². The number of aromatic nitrogens is 3. The van der Waals surface area contributed by atoms with E-state index in [9.17, 15) is 9.59 Å². The highest BCUT2D eigenvalue weighted by atomic mass is 16.5. The van der Waals surface area contributed by atoms with Crippen molar-refractivity contribution in [2.45, 2.75) is 39.7 Å². The Morgan fingerprint density at radius 3 is 2.48 bits per heavy atom. The molecule has 2 aromatic heterocycles. The van der Waals surface area contributed by atoms with E-state index in [-0.39, 0.29) is 25.2 Å². The van der Waals surface area contributed by atoms with Crippen molar-refractivity contribution >= 4 is 40.0 Å². The van der Waals surface area contributed by atoms with Gasteiger partial charge in [-0.15, -0.1) is 0 Å². The first-order valence-electron chi connectivity index (χ1n) is 14.6. The number of hydrogen-bond donors (Lipinski definition) is 3. The standard InChI is InChI=1S/C34H36N6O4/c1-4-5-8-25-20-32(40(39-25)26-13-11-23(2)12-14-26)38-34(42)36-29-15-16-30(28-10-7-6-9-27(28)29)44-21-24-17-18-35-31(19-24)37-33(41)22-43-3/h6-7,9-20H,4-5,8,21-22H2,1-3H3,(H,35,37,41)(H2,36,38,42). The van der Waals surface area contributed by atoms with E-state index < -0.39 is 0 Å². The molecule has 10 nitrogen and oxygen atoms in total. The van der Waals surface area contributed by atoms with E-state index in [1.807, 2.05) is 79.7 Å². The molecule has 0 spiro atoms. The molecule has 3 amide bonds. The van der Waals surface area contributed by atoms with Gasteiger partial charge >= 0.3 is 6.03 Å². The third-order valence-electron chi connectivity index (χ3n) is 6.96. The van der Waals surface area contributed by atoms with Crippen LogP contribution in [-0.4, -0.2) is 40.4 Å². The molecule has 0 atom stereocenters. The second-order valence-corrected chi connectivity index (χ2v) is 10.4. The average molecular weight is 593 g/mol. The van der Waals surface area contributed by atoms with Crippen LogP contribution in [0.4, 0.5) is 22.1 Å². The molecule has 3 aromatic carbocycles. The van der Waals surface area contributed by atoms with E-state index in [0.29, 0.717) is 23.1 Å². The summed E-state index contributed by atoms with van der Waals surface area (Å²) >= 11 is 0.